The number of aliphatic imine (C=N–C) groups is 1. The predicted octanol–water partition coefficient (Wildman–Crippen LogP) is 2.95. The summed E-state index contributed by atoms with van der Waals surface area (Å²) >= 11 is 0. The first-order valence-corrected chi connectivity index (χ1v) is 3.69. The standard InChI is InChI=1S/C9H15N/c1-4-7-8-10-9(5-2)6-3/h5,7-8H,2,4,6H2,1,3H3/b8-7-,10-9?. The van der Waals surface area contributed by atoms with Gasteiger partial charge in [0, 0.05) is 11.9 Å². The lowest BCUT2D eigenvalue weighted by molar-refractivity contribution is 1.20. The van der Waals surface area contributed by atoms with E-state index in [4.69, 9.17) is 0 Å². The summed E-state index contributed by atoms with van der Waals surface area (Å²) in [4.78, 5) is 4.17. The van der Waals surface area contributed by atoms with Crippen LogP contribution in [-0.2, 0) is 0 Å². The maximum Gasteiger partial charge on any atom is 0.0394 e. The van der Waals surface area contributed by atoms with Crippen molar-refractivity contribution >= 4 is 5.71 Å². The van der Waals surface area contributed by atoms with Gasteiger partial charge in [0.25, 0.3) is 0 Å². The molecule has 10 heavy (non-hydrogen) atoms. The smallest absolute Gasteiger partial charge is 0.0394 e. The summed E-state index contributed by atoms with van der Waals surface area (Å²) in [5.41, 5.74) is 1.05. The molecule has 0 rings (SSSR count). The molecule has 0 unspecified atom stereocenters. The quantitative estimate of drug-likeness (QED) is 0.528. The minimum absolute atomic E-state index is 0.956. The summed E-state index contributed by atoms with van der Waals surface area (Å²) in [5, 5.41) is 0. The first kappa shape index (κ1) is 9.15. The Morgan fingerprint density at radius 1 is 1.50 bits per heavy atom. The molecule has 0 fully saturated rings. The Hall–Kier alpha value is -0.850. The van der Waals surface area contributed by atoms with Crippen molar-refractivity contribution in [3.63, 3.8) is 0 Å². The van der Waals surface area contributed by atoms with E-state index in [0.717, 1.165) is 18.6 Å². The van der Waals surface area contributed by atoms with Gasteiger partial charge in [0.05, 0.1) is 0 Å². The van der Waals surface area contributed by atoms with Gasteiger partial charge in [-0.3, -0.25) is 4.99 Å². The summed E-state index contributed by atoms with van der Waals surface area (Å²) in [6.07, 6.45) is 7.65. The van der Waals surface area contributed by atoms with Gasteiger partial charge in [-0.05, 0) is 18.9 Å². The number of hydrogen-bond donors (Lipinski definition) is 0. The molecule has 0 aromatic carbocycles. The van der Waals surface area contributed by atoms with Crippen molar-refractivity contribution in [2.45, 2.75) is 26.7 Å². The average molecular weight is 137 g/mol. The van der Waals surface area contributed by atoms with Crippen LogP contribution in [0.25, 0.3) is 0 Å². The normalized spacial score (nSPS) is 12.4. The summed E-state index contributed by atoms with van der Waals surface area (Å²) in [6.45, 7) is 7.80. The van der Waals surface area contributed by atoms with Crippen LogP contribution in [0.3, 0.4) is 0 Å². The van der Waals surface area contributed by atoms with Gasteiger partial charge in [0.1, 0.15) is 0 Å². The van der Waals surface area contributed by atoms with Crippen LogP contribution < -0.4 is 0 Å². The summed E-state index contributed by atoms with van der Waals surface area (Å²) in [5.74, 6) is 0. The van der Waals surface area contributed by atoms with Gasteiger partial charge in [-0.15, -0.1) is 0 Å². The second kappa shape index (κ2) is 6.27. The highest BCUT2D eigenvalue weighted by Gasteiger charge is 1.82. The van der Waals surface area contributed by atoms with Crippen molar-refractivity contribution in [1.82, 2.24) is 0 Å². The molecule has 56 valence electrons. The molecular weight excluding hydrogens is 122 g/mol. The third-order valence-corrected chi connectivity index (χ3v) is 1.18. The molecular formula is C9H15N. The van der Waals surface area contributed by atoms with E-state index in [-0.39, 0.29) is 0 Å². The Balaban J connectivity index is 3.85. The lowest BCUT2D eigenvalue weighted by Crippen LogP contribution is -1.86. The molecule has 0 atom stereocenters. The molecule has 0 bridgehead atoms. The van der Waals surface area contributed by atoms with Gasteiger partial charge >= 0.3 is 0 Å². The average Bonchev–Trinajstić information content (AvgIpc) is 1.99. The zero-order valence-electron chi connectivity index (χ0n) is 6.80. The van der Waals surface area contributed by atoms with E-state index in [9.17, 15) is 0 Å². The number of hydrogen-bond acceptors (Lipinski definition) is 1. The molecule has 0 heterocycles. The van der Waals surface area contributed by atoms with Crippen molar-refractivity contribution in [2.24, 2.45) is 4.99 Å². The topological polar surface area (TPSA) is 12.4 Å². The Kier molecular flexibility index (Phi) is 5.74. The van der Waals surface area contributed by atoms with Gasteiger partial charge in [-0.25, -0.2) is 0 Å². The molecule has 0 N–H and O–H groups in total. The minimum Gasteiger partial charge on any atom is -0.262 e. The highest BCUT2D eigenvalue weighted by atomic mass is 14.7. The molecule has 0 aliphatic heterocycles. The molecule has 0 aromatic rings. The van der Waals surface area contributed by atoms with Crippen LogP contribution in [0.15, 0.2) is 29.9 Å². The SMILES string of the molecule is C=CC(CC)=N/C=C\CC. The molecule has 0 aliphatic rings. The van der Waals surface area contributed by atoms with Gasteiger partial charge in [-0.2, -0.15) is 0 Å². The Bertz CT molecular complexity index is 143. The molecule has 0 aliphatic carbocycles. The van der Waals surface area contributed by atoms with E-state index in [1.54, 1.807) is 6.08 Å². The first-order valence-electron chi connectivity index (χ1n) is 3.69. The Labute approximate surface area is 63.2 Å². The van der Waals surface area contributed by atoms with Crippen molar-refractivity contribution in [3.8, 4) is 0 Å². The molecule has 1 nitrogen and oxygen atoms in total. The largest absolute Gasteiger partial charge is 0.262 e. The van der Waals surface area contributed by atoms with E-state index in [1.807, 2.05) is 12.3 Å². The number of nitrogens with zero attached hydrogens (tertiary/aromatic N) is 1. The van der Waals surface area contributed by atoms with Crippen molar-refractivity contribution in [3.05, 3.63) is 24.9 Å². The van der Waals surface area contributed by atoms with E-state index in [1.165, 1.54) is 0 Å². The molecule has 0 saturated carbocycles. The van der Waals surface area contributed by atoms with Crippen molar-refractivity contribution in [2.75, 3.05) is 0 Å². The molecule has 0 spiro atoms. The van der Waals surface area contributed by atoms with Gasteiger partial charge in [0.15, 0.2) is 0 Å². The van der Waals surface area contributed by atoms with E-state index in [0.29, 0.717) is 0 Å². The highest BCUT2D eigenvalue weighted by molar-refractivity contribution is 5.94. The fraction of sp³-hybridized carbons (Fsp3) is 0.444. The second-order valence-corrected chi connectivity index (χ2v) is 1.97. The fourth-order valence-corrected chi connectivity index (χ4v) is 0.542. The predicted molar refractivity (Wildman–Crippen MR) is 47.4 cm³/mol. The minimum atomic E-state index is 0.956. The molecule has 0 saturated heterocycles. The zero-order chi connectivity index (χ0) is 7.82. The Morgan fingerprint density at radius 2 is 2.20 bits per heavy atom. The maximum atomic E-state index is 4.17. The number of rotatable bonds is 4. The van der Waals surface area contributed by atoms with Crippen LogP contribution in [0.5, 0.6) is 0 Å². The van der Waals surface area contributed by atoms with Crippen LogP contribution in [0.1, 0.15) is 26.7 Å². The molecule has 0 amide bonds. The summed E-state index contributed by atoms with van der Waals surface area (Å²) < 4.78 is 0. The summed E-state index contributed by atoms with van der Waals surface area (Å²) in [6, 6.07) is 0. The molecule has 0 aromatic heterocycles. The lowest BCUT2D eigenvalue weighted by Gasteiger charge is -1.89. The number of allylic oxidation sites excluding steroid dienone is 2. The van der Waals surface area contributed by atoms with Gasteiger partial charge in [-0.1, -0.05) is 26.5 Å². The maximum absolute atomic E-state index is 4.17. The highest BCUT2D eigenvalue weighted by Crippen LogP contribution is 1.89. The lowest BCUT2D eigenvalue weighted by atomic mass is 10.3. The van der Waals surface area contributed by atoms with E-state index in [2.05, 4.69) is 25.4 Å². The van der Waals surface area contributed by atoms with Crippen LogP contribution >= 0.6 is 0 Å². The first-order chi connectivity index (χ1) is 4.85. The van der Waals surface area contributed by atoms with Gasteiger partial charge in [0.2, 0.25) is 0 Å². The van der Waals surface area contributed by atoms with Crippen molar-refractivity contribution in [1.29, 1.82) is 0 Å². The van der Waals surface area contributed by atoms with Crippen LogP contribution in [0.4, 0.5) is 0 Å². The summed E-state index contributed by atoms with van der Waals surface area (Å²) in [7, 11) is 0. The third kappa shape index (κ3) is 4.07. The van der Waals surface area contributed by atoms with E-state index >= 15 is 0 Å². The van der Waals surface area contributed by atoms with Crippen molar-refractivity contribution < 1.29 is 0 Å². The second-order valence-electron chi connectivity index (χ2n) is 1.97. The molecule has 1 heteroatoms. The Morgan fingerprint density at radius 3 is 2.60 bits per heavy atom. The van der Waals surface area contributed by atoms with Gasteiger partial charge < -0.3 is 0 Å². The fourth-order valence-electron chi connectivity index (χ4n) is 0.542. The third-order valence-electron chi connectivity index (χ3n) is 1.18. The molecule has 0 radical (unpaired) electrons. The van der Waals surface area contributed by atoms with Crippen LogP contribution in [-0.4, -0.2) is 5.71 Å². The monoisotopic (exact) mass is 137 g/mol. The van der Waals surface area contributed by atoms with Crippen LogP contribution in [0, 0.1) is 0 Å². The van der Waals surface area contributed by atoms with E-state index < -0.39 is 0 Å². The zero-order valence-corrected chi connectivity index (χ0v) is 6.80. The van der Waals surface area contributed by atoms with Crippen LogP contribution in [0.2, 0.25) is 0 Å².